The fourth-order valence-electron chi connectivity index (χ4n) is 4.17. The first-order valence-electron chi connectivity index (χ1n) is 10.8. The van der Waals surface area contributed by atoms with Gasteiger partial charge in [-0.15, -0.1) is 0 Å². The van der Waals surface area contributed by atoms with E-state index >= 15 is 0 Å². The summed E-state index contributed by atoms with van der Waals surface area (Å²) in [4.78, 5) is 33.1. The van der Waals surface area contributed by atoms with Crippen LogP contribution in [0.25, 0.3) is 11.4 Å². The average molecular weight is 432 g/mol. The molecule has 2 aromatic carbocycles. The van der Waals surface area contributed by atoms with Crippen LogP contribution >= 0.6 is 0 Å². The summed E-state index contributed by atoms with van der Waals surface area (Å²) < 4.78 is 5.55. The first-order valence-corrected chi connectivity index (χ1v) is 10.8. The Morgan fingerprint density at radius 2 is 1.97 bits per heavy atom. The van der Waals surface area contributed by atoms with Crippen LogP contribution in [0, 0.1) is 0 Å². The zero-order valence-electron chi connectivity index (χ0n) is 17.5. The van der Waals surface area contributed by atoms with Gasteiger partial charge in [-0.3, -0.25) is 4.90 Å². The number of hydrogen-bond donors (Lipinski definition) is 2. The third kappa shape index (κ3) is 4.01. The highest BCUT2D eigenvalue weighted by atomic mass is 16.5. The number of aromatic nitrogens is 2. The van der Waals surface area contributed by atoms with Gasteiger partial charge in [0.2, 0.25) is 11.7 Å². The topological polar surface area (TPSA) is 104 Å². The van der Waals surface area contributed by atoms with Gasteiger partial charge in [-0.1, -0.05) is 41.6 Å². The maximum absolute atomic E-state index is 13.2. The number of benzene rings is 2. The molecule has 0 bridgehead atoms. The third-order valence-corrected chi connectivity index (χ3v) is 5.79. The number of urea groups is 2. The molecule has 2 saturated heterocycles. The monoisotopic (exact) mass is 432 g/mol. The molecular weight excluding hydrogens is 408 g/mol. The molecule has 9 heteroatoms. The number of rotatable bonds is 4. The number of nitrogens with zero attached hydrogens (tertiary/aromatic N) is 4. The van der Waals surface area contributed by atoms with Gasteiger partial charge in [0.1, 0.15) is 6.04 Å². The van der Waals surface area contributed by atoms with Gasteiger partial charge in [-0.25, -0.2) is 9.59 Å². The number of hydrogen-bond acceptors (Lipinski definition) is 5. The molecule has 164 valence electrons. The Labute approximate surface area is 185 Å². The van der Waals surface area contributed by atoms with Gasteiger partial charge in [0.05, 0.1) is 0 Å². The largest absolute Gasteiger partial charge is 0.337 e. The fourth-order valence-corrected chi connectivity index (χ4v) is 4.17. The molecule has 5 rings (SSSR count). The molecule has 0 aliphatic carbocycles. The van der Waals surface area contributed by atoms with Crippen molar-refractivity contribution in [3.8, 4) is 11.4 Å². The van der Waals surface area contributed by atoms with Gasteiger partial charge in [0.15, 0.2) is 0 Å². The van der Waals surface area contributed by atoms with Crippen molar-refractivity contribution < 1.29 is 14.1 Å². The predicted molar refractivity (Wildman–Crippen MR) is 119 cm³/mol. The van der Waals surface area contributed by atoms with E-state index in [0.29, 0.717) is 37.0 Å². The lowest BCUT2D eigenvalue weighted by Gasteiger charge is -2.33. The van der Waals surface area contributed by atoms with Crippen LogP contribution in [0.5, 0.6) is 0 Å². The number of amides is 4. The molecule has 2 aliphatic heterocycles. The third-order valence-electron chi connectivity index (χ3n) is 5.79. The standard InChI is InChI=1S/C23H24N6O3/c30-22-24-12-14-28(22)18-10-6-9-17(15-18)25-23(31)29-13-5-4-11-19(29)21-26-20(27-32-21)16-7-2-1-3-8-16/h1-3,6-10,15,19H,4-5,11-14H2,(H,24,30)(H,25,31). The second kappa shape index (κ2) is 8.70. The lowest BCUT2D eigenvalue weighted by Crippen LogP contribution is -2.41. The summed E-state index contributed by atoms with van der Waals surface area (Å²) in [6, 6.07) is 16.3. The average Bonchev–Trinajstić information content (AvgIpc) is 3.49. The summed E-state index contributed by atoms with van der Waals surface area (Å²) >= 11 is 0. The highest BCUT2D eigenvalue weighted by Gasteiger charge is 2.32. The molecule has 3 aromatic rings. The van der Waals surface area contributed by atoms with Crippen LogP contribution < -0.4 is 15.5 Å². The van der Waals surface area contributed by atoms with Gasteiger partial charge in [-0.2, -0.15) is 4.98 Å². The van der Waals surface area contributed by atoms with Crippen LogP contribution in [0.1, 0.15) is 31.2 Å². The molecule has 32 heavy (non-hydrogen) atoms. The molecule has 2 aliphatic rings. The molecule has 2 N–H and O–H groups in total. The smallest absolute Gasteiger partial charge is 0.322 e. The minimum Gasteiger partial charge on any atom is -0.337 e. The zero-order chi connectivity index (χ0) is 21.9. The Kier molecular flexibility index (Phi) is 5.45. The van der Waals surface area contributed by atoms with Crippen LogP contribution in [0.15, 0.2) is 59.1 Å². The number of anilines is 2. The van der Waals surface area contributed by atoms with Crippen LogP contribution in [0.3, 0.4) is 0 Å². The molecule has 4 amide bonds. The van der Waals surface area contributed by atoms with Crippen molar-refractivity contribution in [2.45, 2.75) is 25.3 Å². The number of likely N-dealkylation sites (tertiary alicyclic amines) is 1. The van der Waals surface area contributed by atoms with E-state index in [4.69, 9.17) is 4.52 Å². The van der Waals surface area contributed by atoms with Crippen molar-refractivity contribution in [3.63, 3.8) is 0 Å². The van der Waals surface area contributed by atoms with Crippen molar-refractivity contribution in [1.29, 1.82) is 0 Å². The van der Waals surface area contributed by atoms with Crippen molar-refractivity contribution >= 4 is 23.4 Å². The first-order chi connectivity index (χ1) is 15.7. The quantitative estimate of drug-likeness (QED) is 0.648. The summed E-state index contributed by atoms with van der Waals surface area (Å²) in [5, 5.41) is 9.87. The summed E-state index contributed by atoms with van der Waals surface area (Å²) in [6.45, 7) is 1.82. The van der Waals surface area contributed by atoms with Crippen molar-refractivity contribution in [2.75, 3.05) is 29.9 Å². The van der Waals surface area contributed by atoms with Crippen LogP contribution in [-0.4, -0.2) is 46.7 Å². The molecule has 1 aromatic heterocycles. The molecule has 0 spiro atoms. The van der Waals surface area contributed by atoms with Crippen molar-refractivity contribution in [2.24, 2.45) is 0 Å². The van der Waals surface area contributed by atoms with Crippen LogP contribution in [0.2, 0.25) is 0 Å². The molecule has 1 atom stereocenters. The highest BCUT2D eigenvalue weighted by Crippen LogP contribution is 2.32. The summed E-state index contributed by atoms with van der Waals surface area (Å²) in [5.41, 5.74) is 2.25. The first kappa shape index (κ1) is 20.0. The Morgan fingerprint density at radius 3 is 2.78 bits per heavy atom. The number of carbonyl (C=O) groups is 2. The number of carbonyl (C=O) groups excluding carboxylic acids is 2. The Hall–Kier alpha value is -3.88. The predicted octanol–water partition coefficient (Wildman–Crippen LogP) is 4.03. The molecule has 9 nitrogen and oxygen atoms in total. The van der Waals surface area contributed by atoms with Crippen molar-refractivity contribution in [1.82, 2.24) is 20.4 Å². The van der Waals surface area contributed by atoms with Crippen LogP contribution in [-0.2, 0) is 0 Å². The van der Waals surface area contributed by atoms with Gasteiger partial charge < -0.3 is 20.1 Å². The number of nitrogens with one attached hydrogen (secondary N) is 2. The van der Waals surface area contributed by atoms with E-state index < -0.39 is 0 Å². The second-order valence-corrected chi connectivity index (χ2v) is 7.89. The molecule has 1 unspecified atom stereocenters. The number of piperidine rings is 1. The molecule has 2 fully saturated rings. The van der Waals surface area contributed by atoms with E-state index in [1.54, 1.807) is 9.80 Å². The Morgan fingerprint density at radius 1 is 1.09 bits per heavy atom. The molecule has 3 heterocycles. The van der Waals surface area contributed by atoms with E-state index in [1.165, 1.54) is 0 Å². The summed E-state index contributed by atoms with van der Waals surface area (Å²) in [7, 11) is 0. The molecular formula is C23H24N6O3. The Balaban J connectivity index is 1.33. The van der Waals surface area contributed by atoms with Crippen LogP contribution in [0.4, 0.5) is 21.0 Å². The minimum absolute atomic E-state index is 0.129. The molecule has 0 saturated carbocycles. The van der Waals surface area contributed by atoms with Gasteiger partial charge in [0, 0.05) is 36.6 Å². The SMILES string of the molecule is O=C1NCCN1c1cccc(NC(=O)N2CCCCC2c2nc(-c3ccccc3)no2)c1. The fraction of sp³-hybridized carbons (Fsp3) is 0.304. The van der Waals surface area contributed by atoms with Crippen molar-refractivity contribution in [3.05, 3.63) is 60.5 Å². The van der Waals surface area contributed by atoms with Gasteiger partial charge in [0.25, 0.3) is 0 Å². The summed E-state index contributed by atoms with van der Waals surface area (Å²) in [5.74, 6) is 0.962. The maximum atomic E-state index is 13.2. The molecule has 0 radical (unpaired) electrons. The van der Waals surface area contributed by atoms with E-state index in [2.05, 4.69) is 20.8 Å². The lowest BCUT2D eigenvalue weighted by atomic mass is 10.0. The van der Waals surface area contributed by atoms with E-state index in [9.17, 15) is 9.59 Å². The van der Waals surface area contributed by atoms with E-state index in [1.807, 2.05) is 54.6 Å². The van der Waals surface area contributed by atoms with Gasteiger partial charge >= 0.3 is 12.1 Å². The maximum Gasteiger partial charge on any atom is 0.322 e. The second-order valence-electron chi connectivity index (χ2n) is 7.89. The lowest BCUT2D eigenvalue weighted by molar-refractivity contribution is 0.142. The van der Waals surface area contributed by atoms with Gasteiger partial charge in [-0.05, 0) is 37.5 Å². The minimum atomic E-state index is -0.277. The Bertz CT molecular complexity index is 1120. The van der Waals surface area contributed by atoms with E-state index in [0.717, 1.165) is 30.5 Å². The summed E-state index contributed by atoms with van der Waals surface area (Å²) in [6.07, 6.45) is 2.66. The normalized spacial score (nSPS) is 18.5. The zero-order valence-corrected chi connectivity index (χ0v) is 17.5. The highest BCUT2D eigenvalue weighted by molar-refractivity contribution is 5.96. The van der Waals surface area contributed by atoms with E-state index in [-0.39, 0.29) is 18.1 Å².